The minimum atomic E-state index is -1.17. The monoisotopic (exact) mass is 246 g/mol. The molecule has 0 aliphatic heterocycles. The Kier molecular flexibility index (Phi) is 2.95. The number of rotatable bonds is 2. The van der Waals surface area contributed by atoms with E-state index in [9.17, 15) is 14.7 Å². The Morgan fingerprint density at radius 2 is 1.72 bits per heavy atom. The third-order valence-corrected chi connectivity index (χ3v) is 3.29. The van der Waals surface area contributed by atoms with Crippen LogP contribution in [0.3, 0.4) is 0 Å². The summed E-state index contributed by atoms with van der Waals surface area (Å²) in [7, 11) is 0. The summed E-state index contributed by atoms with van der Waals surface area (Å²) in [6.07, 6.45) is 0.855. The number of carboxylic acid groups (broad SMARTS) is 2. The maximum atomic E-state index is 11.3. The highest BCUT2D eigenvalue weighted by atomic mass is 16.4. The fourth-order valence-electron chi connectivity index (χ4n) is 2.55. The van der Waals surface area contributed by atoms with Gasteiger partial charge in [-0.05, 0) is 43.4 Å². The van der Waals surface area contributed by atoms with Gasteiger partial charge in [0.1, 0.15) is 0 Å². The van der Waals surface area contributed by atoms with Crippen molar-refractivity contribution in [3.63, 3.8) is 0 Å². The number of carboxylic acids is 2. The Morgan fingerprint density at radius 1 is 1.06 bits per heavy atom. The normalized spacial score (nSPS) is 14.3. The molecule has 0 unspecified atom stereocenters. The van der Waals surface area contributed by atoms with Crippen molar-refractivity contribution in [1.82, 2.24) is 0 Å². The molecule has 1 aromatic carbocycles. The van der Waals surface area contributed by atoms with Crippen LogP contribution < -0.4 is 0 Å². The summed E-state index contributed by atoms with van der Waals surface area (Å²) in [4.78, 5) is 22.5. The second kappa shape index (κ2) is 4.29. The van der Waals surface area contributed by atoms with Crippen LogP contribution in [-0.4, -0.2) is 22.2 Å². The lowest BCUT2D eigenvalue weighted by Crippen LogP contribution is -2.17. The molecule has 2 N–H and O–H groups in total. The van der Waals surface area contributed by atoms with E-state index in [2.05, 4.69) is 0 Å². The molecule has 1 aromatic rings. The maximum absolute atomic E-state index is 11.3. The van der Waals surface area contributed by atoms with E-state index < -0.39 is 11.9 Å². The van der Waals surface area contributed by atoms with Gasteiger partial charge in [-0.2, -0.15) is 0 Å². The lowest BCUT2D eigenvalue weighted by atomic mass is 9.82. The average Bonchev–Trinajstić information content (AvgIpc) is 2.26. The molecule has 0 saturated carbocycles. The van der Waals surface area contributed by atoms with Gasteiger partial charge in [0.25, 0.3) is 0 Å². The van der Waals surface area contributed by atoms with Gasteiger partial charge in [0.15, 0.2) is 0 Å². The standard InChI is InChI=1S/C14H14O4/c1-7-5-8(2)9-3-4-10(13(15)16)12(14(17)18)11(9)6-7/h5-6H,3-4H2,1-2H3,(H,15,16)(H,17,18). The molecule has 1 aliphatic carbocycles. The highest BCUT2D eigenvalue weighted by molar-refractivity contribution is 6.22. The van der Waals surface area contributed by atoms with Gasteiger partial charge in [0.2, 0.25) is 0 Å². The minimum Gasteiger partial charge on any atom is -0.478 e. The third-order valence-electron chi connectivity index (χ3n) is 3.29. The van der Waals surface area contributed by atoms with Gasteiger partial charge >= 0.3 is 11.9 Å². The van der Waals surface area contributed by atoms with Crippen LogP contribution in [0.15, 0.2) is 17.7 Å². The zero-order valence-corrected chi connectivity index (χ0v) is 10.3. The number of hydrogen-bond acceptors (Lipinski definition) is 2. The maximum Gasteiger partial charge on any atom is 0.336 e. The van der Waals surface area contributed by atoms with E-state index in [0.717, 1.165) is 16.7 Å². The van der Waals surface area contributed by atoms with E-state index in [0.29, 0.717) is 12.0 Å². The topological polar surface area (TPSA) is 74.6 Å². The van der Waals surface area contributed by atoms with E-state index >= 15 is 0 Å². The van der Waals surface area contributed by atoms with E-state index in [-0.39, 0.29) is 17.6 Å². The van der Waals surface area contributed by atoms with Gasteiger partial charge in [0.05, 0.1) is 11.1 Å². The molecule has 94 valence electrons. The first kappa shape index (κ1) is 12.4. The molecule has 0 fully saturated rings. The average molecular weight is 246 g/mol. The summed E-state index contributed by atoms with van der Waals surface area (Å²) >= 11 is 0. The first-order valence-corrected chi connectivity index (χ1v) is 5.72. The third kappa shape index (κ3) is 1.90. The second-order valence-electron chi connectivity index (χ2n) is 4.57. The van der Waals surface area contributed by atoms with Crippen molar-refractivity contribution in [2.45, 2.75) is 26.7 Å². The van der Waals surface area contributed by atoms with E-state index in [1.165, 1.54) is 0 Å². The van der Waals surface area contributed by atoms with E-state index in [1.807, 2.05) is 19.9 Å². The molecule has 0 radical (unpaired) electrons. The highest BCUT2D eigenvalue weighted by Crippen LogP contribution is 2.34. The molecular weight excluding hydrogens is 232 g/mol. The first-order chi connectivity index (χ1) is 8.41. The molecule has 4 heteroatoms. The minimum absolute atomic E-state index is 0.000000000000000444. The van der Waals surface area contributed by atoms with Crippen LogP contribution in [0.5, 0.6) is 0 Å². The van der Waals surface area contributed by atoms with E-state index in [4.69, 9.17) is 5.11 Å². The number of aryl methyl sites for hydroxylation is 2. The Bertz CT molecular complexity index is 582. The molecule has 0 amide bonds. The van der Waals surface area contributed by atoms with Gasteiger partial charge in [-0.1, -0.05) is 17.7 Å². The van der Waals surface area contributed by atoms with Crippen LogP contribution in [-0.2, 0) is 16.0 Å². The molecular formula is C14H14O4. The predicted octanol–water partition coefficient (Wildman–Crippen LogP) is 2.17. The second-order valence-corrected chi connectivity index (χ2v) is 4.57. The van der Waals surface area contributed by atoms with Crippen LogP contribution >= 0.6 is 0 Å². The fraction of sp³-hybridized carbons (Fsp3) is 0.286. The van der Waals surface area contributed by atoms with Crippen molar-refractivity contribution < 1.29 is 19.8 Å². The SMILES string of the molecule is Cc1cc(C)c2c(c1)C(C(=O)O)=C(C(=O)O)CC2. The zero-order chi connectivity index (χ0) is 13.4. The van der Waals surface area contributed by atoms with Crippen LogP contribution in [0.4, 0.5) is 0 Å². The molecule has 0 heterocycles. The first-order valence-electron chi connectivity index (χ1n) is 5.72. The number of carbonyl (C=O) groups is 2. The van der Waals surface area contributed by atoms with Crippen LogP contribution in [0.2, 0.25) is 0 Å². The Balaban J connectivity index is 2.76. The number of aliphatic carboxylic acids is 2. The van der Waals surface area contributed by atoms with Crippen molar-refractivity contribution in [2.24, 2.45) is 0 Å². The van der Waals surface area contributed by atoms with Crippen molar-refractivity contribution in [3.05, 3.63) is 40.0 Å². The largest absolute Gasteiger partial charge is 0.478 e. The number of fused-ring (bicyclic) bond motifs is 1. The van der Waals surface area contributed by atoms with Gasteiger partial charge in [-0.15, -0.1) is 0 Å². The number of hydrogen-bond donors (Lipinski definition) is 2. The Labute approximate surface area is 105 Å². The summed E-state index contributed by atoms with van der Waals surface area (Å²) in [5.41, 5.74) is 3.41. The van der Waals surface area contributed by atoms with Crippen molar-refractivity contribution in [3.8, 4) is 0 Å². The number of benzene rings is 1. The summed E-state index contributed by atoms with van der Waals surface area (Å²) in [5.74, 6) is -2.31. The summed E-state index contributed by atoms with van der Waals surface area (Å²) in [5, 5.41) is 18.4. The van der Waals surface area contributed by atoms with Crippen molar-refractivity contribution >= 4 is 17.5 Å². The zero-order valence-electron chi connectivity index (χ0n) is 10.3. The molecule has 18 heavy (non-hydrogen) atoms. The van der Waals surface area contributed by atoms with Gasteiger partial charge in [-0.3, -0.25) is 0 Å². The molecule has 0 atom stereocenters. The lowest BCUT2D eigenvalue weighted by molar-refractivity contribution is -0.134. The lowest BCUT2D eigenvalue weighted by Gasteiger charge is -2.21. The molecule has 0 aromatic heterocycles. The highest BCUT2D eigenvalue weighted by Gasteiger charge is 2.28. The summed E-state index contributed by atoms with van der Waals surface area (Å²) < 4.78 is 0. The Morgan fingerprint density at radius 3 is 2.28 bits per heavy atom. The Hall–Kier alpha value is -2.10. The molecule has 2 rings (SSSR count). The van der Waals surface area contributed by atoms with Crippen LogP contribution in [0.1, 0.15) is 28.7 Å². The molecule has 4 nitrogen and oxygen atoms in total. The van der Waals surface area contributed by atoms with Crippen LogP contribution in [0, 0.1) is 13.8 Å². The predicted molar refractivity (Wildman–Crippen MR) is 66.4 cm³/mol. The van der Waals surface area contributed by atoms with Crippen molar-refractivity contribution in [1.29, 1.82) is 0 Å². The fourth-order valence-corrected chi connectivity index (χ4v) is 2.55. The van der Waals surface area contributed by atoms with Gasteiger partial charge in [-0.25, -0.2) is 9.59 Å². The van der Waals surface area contributed by atoms with Crippen LogP contribution in [0.25, 0.3) is 5.57 Å². The van der Waals surface area contributed by atoms with E-state index in [1.54, 1.807) is 6.07 Å². The quantitative estimate of drug-likeness (QED) is 0.838. The van der Waals surface area contributed by atoms with Gasteiger partial charge < -0.3 is 10.2 Å². The summed E-state index contributed by atoms with van der Waals surface area (Å²) in [6, 6.07) is 3.75. The molecule has 0 saturated heterocycles. The molecule has 0 bridgehead atoms. The molecule has 0 spiro atoms. The van der Waals surface area contributed by atoms with Crippen molar-refractivity contribution in [2.75, 3.05) is 0 Å². The smallest absolute Gasteiger partial charge is 0.336 e. The molecule has 1 aliphatic rings. The van der Waals surface area contributed by atoms with Gasteiger partial charge in [0, 0.05) is 0 Å². The summed E-state index contributed by atoms with van der Waals surface area (Å²) in [6.45, 7) is 3.80.